The molecule has 29 heavy (non-hydrogen) atoms. The van der Waals surface area contributed by atoms with Crippen LogP contribution in [0.5, 0.6) is 0 Å². The minimum atomic E-state index is -4.12. The Morgan fingerprint density at radius 1 is 1.28 bits per heavy atom. The molecule has 0 saturated heterocycles. The second-order valence-corrected chi connectivity index (χ2v) is 9.98. The normalized spacial score (nSPS) is 20.0. The van der Waals surface area contributed by atoms with E-state index >= 15 is 0 Å². The van der Waals surface area contributed by atoms with Crippen molar-refractivity contribution in [2.45, 2.75) is 56.5 Å². The van der Waals surface area contributed by atoms with Crippen LogP contribution in [-0.2, 0) is 10.0 Å². The van der Waals surface area contributed by atoms with Gasteiger partial charge in [0, 0.05) is 23.7 Å². The summed E-state index contributed by atoms with van der Waals surface area (Å²) in [5.74, 6) is -0.851. The summed E-state index contributed by atoms with van der Waals surface area (Å²) in [6, 6.07) is 2.81. The summed E-state index contributed by atoms with van der Waals surface area (Å²) < 4.78 is 42.1. The molecule has 2 atom stereocenters. The summed E-state index contributed by atoms with van der Waals surface area (Å²) in [5, 5.41) is 5.35. The van der Waals surface area contributed by atoms with Crippen LogP contribution in [-0.4, -0.2) is 43.5 Å². The van der Waals surface area contributed by atoms with Crippen LogP contribution in [0.15, 0.2) is 28.6 Å². The van der Waals surface area contributed by atoms with Crippen molar-refractivity contribution in [3.05, 3.63) is 34.5 Å². The molecule has 1 fully saturated rings. The molecule has 0 radical (unpaired) electrons. The third-order valence-electron chi connectivity index (χ3n) is 5.32. The van der Waals surface area contributed by atoms with Crippen molar-refractivity contribution in [2.75, 3.05) is 23.1 Å². The molecule has 2 N–H and O–H groups in total. The van der Waals surface area contributed by atoms with Crippen molar-refractivity contribution in [2.24, 2.45) is 0 Å². The van der Waals surface area contributed by atoms with E-state index in [-0.39, 0.29) is 16.2 Å². The van der Waals surface area contributed by atoms with Crippen LogP contribution in [0.25, 0.3) is 0 Å². The van der Waals surface area contributed by atoms with Gasteiger partial charge >= 0.3 is 0 Å². The molecular formula is C19H26ClFN4O2S2. The van der Waals surface area contributed by atoms with Crippen LogP contribution < -0.4 is 10.0 Å². The number of hydrogen-bond donors (Lipinski definition) is 2. The monoisotopic (exact) mass is 460 g/mol. The van der Waals surface area contributed by atoms with Crippen LogP contribution in [0, 0.1) is 5.82 Å². The number of sulfonamides is 1. The van der Waals surface area contributed by atoms with E-state index in [1.54, 1.807) is 5.38 Å². The lowest BCUT2D eigenvalue weighted by atomic mass is 9.89. The number of nitrogens with zero attached hydrogens (tertiary/aromatic N) is 2. The Bertz CT molecular complexity index is 921. The lowest BCUT2D eigenvalue weighted by Gasteiger charge is -2.40. The Morgan fingerprint density at radius 3 is 2.66 bits per heavy atom. The van der Waals surface area contributed by atoms with Gasteiger partial charge in [-0.05, 0) is 38.1 Å². The Labute approximate surface area is 180 Å². The highest BCUT2D eigenvalue weighted by Crippen LogP contribution is 2.33. The number of halogens is 2. The third-order valence-corrected chi connectivity index (χ3v) is 7.80. The summed E-state index contributed by atoms with van der Waals surface area (Å²) in [7, 11) is -4.12. The van der Waals surface area contributed by atoms with Gasteiger partial charge in [0.05, 0.1) is 10.7 Å². The number of anilines is 2. The molecule has 1 aliphatic carbocycles. The Hall–Kier alpha value is -1.42. The van der Waals surface area contributed by atoms with Crippen molar-refractivity contribution < 1.29 is 12.8 Å². The number of likely N-dealkylation sites (N-methyl/N-ethyl adjacent to an activating group) is 1. The predicted octanol–water partition coefficient (Wildman–Crippen LogP) is 4.80. The van der Waals surface area contributed by atoms with Crippen molar-refractivity contribution in [1.29, 1.82) is 0 Å². The summed E-state index contributed by atoms with van der Waals surface area (Å²) >= 11 is 7.47. The fraction of sp³-hybridized carbons (Fsp3) is 0.526. The van der Waals surface area contributed by atoms with Crippen LogP contribution in [0.4, 0.5) is 15.2 Å². The molecule has 0 unspecified atom stereocenters. The quantitative estimate of drug-likeness (QED) is 0.591. The molecule has 1 aromatic carbocycles. The molecule has 6 nitrogen and oxygen atoms in total. The zero-order valence-corrected chi connectivity index (χ0v) is 18.9. The van der Waals surface area contributed by atoms with Crippen LogP contribution in [0.3, 0.4) is 0 Å². The highest BCUT2D eigenvalue weighted by Gasteiger charge is 2.30. The van der Waals surface area contributed by atoms with E-state index in [1.807, 2.05) is 0 Å². The minimum absolute atomic E-state index is 0.136. The first-order valence-corrected chi connectivity index (χ1v) is 12.5. The minimum Gasteiger partial charge on any atom is -0.379 e. The van der Waals surface area contributed by atoms with E-state index in [1.165, 1.54) is 18.7 Å². The van der Waals surface area contributed by atoms with Gasteiger partial charge in [0.1, 0.15) is 10.7 Å². The zero-order chi connectivity index (χ0) is 21.0. The SMILES string of the molecule is CCN(CC)[C@H]1CCCC[C@@H]1Nc1cc(F)c(S(=O)(=O)Nc2nccs2)cc1Cl. The predicted molar refractivity (Wildman–Crippen MR) is 117 cm³/mol. The molecule has 0 bridgehead atoms. The van der Waals surface area contributed by atoms with Crippen LogP contribution in [0.1, 0.15) is 39.5 Å². The van der Waals surface area contributed by atoms with Gasteiger partial charge in [-0.2, -0.15) is 0 Å². The highest BCUT2D eigenvalue weighted by molar-refractivity contribution is 7.93. The average molecular weight is 461 g/mol. The third kappa shape index (κ3) is 5.20. The second kappa shape index (κ2) is 9.59. The van der Waals surface area contributed by atoms with Gasteiger partial charge < -0.3 is 5.32 Å². The van der Waals surface area contributed by atoms with Crippen molar-refractivity contribution in [3.8, 4) is 0 Å². The van der Waals surface area contributed by atoms with Crippen LogP contribution >= 0.6 is 22.9 Å². The molecule has 0 spiro atoms. The van der Waals surface area contributed by atoms with E-state index in [9.17, 15) is 12.8 Å². The van der Waals surface area contributed by atoms with E-state index in [0.29, 0.717) is 11.7 Å². The number of rotatable bonds is 8. The summed E-state index contributed by atoms with van der Waals surface area (Å²) in [4.78, 5) is 5.78. The van der Waals surface area contributed by atoms with Gasteiger partial charge in [-0.1, -0.05) is 38.3 Å². The fourth-order valence-corrected chi connectivity index (χ4v) is 6.06. The van der Waals surface area contributed by atoms with E-state index < -0.39 is 20.7 Å². The molecule has 0 aliphatic heterocycles. The molecule has 1 heterocycles. The van der Waals surface area contributed by atoms with Crippen molar-refractivity contribution in [1.82, 2.24) is 9.88 Å². The first kappa shape index (κ1) is 22.3. The molecule has 1 saturated carbocycles. The maximum absolute atomic E-state index is 14.8. The summed E-state index contributed by atoms with van der Waals surface area (Å²) in [6.45, 7) is 6.16. The van der Waals surface area contributed by atoms with Gasteiger partial charge in [-0.15, -0.1) is 11.3 Å². The molecule has 1 aliphatic rings. The Morgan fingerprint density at radius 2 is 2.00 bits per heavy atom. The van der Waals surface area contributed by atoms with Gasteiger partial charge in [0.25, 0.3) is 10.0 Å². The Balaban J connectivity index is 1.83. The van der Waals surface area contributed by atoms with Crippen LogP contribution in [0.2, 0.25) is 5.02 Å². The summed E-state index contributed by atoms with van der Waals surface area (Å²) in [6.07, 6.45) is 5.77. The molecule has 160 valence electrons. The van der Waals surface area contributed by atoms with E-state index in [2.05, 4.69) is 33.8 Å². The number of thiazole rings is 1. The first-order chi connectivity index (χ1) is 13.9. The molecule has 1 aromatic heterocycles. The van der Waals surface area contributed by atoms with Gasteiger partial charge in [0.2, 0.25) is 0 Å². The largest absolute Gasteiger partial charge is 0.379 e. The van der Waals surface area contributed by atoms with E-state index in [0.717, 1.165) is 49.8 Å². The second-order valence-electron chi connectivity index (χ2n) is 7.03. The first-order valence-electron chi connectivity index (χ1n) is 9.77. The van der Waals surface area contributed by atoms with Gasteiger partial charge in [0.15, 0.2) is 5.13 Å². The van der Waals surface area contributed by atoms with Gasteiger partial charge in [-0.25, -0.2) is 17.8 Å². The van der Waals surface area contributed by atoms with Crippen molar-refractivity contribution >= 4 is 43.8 Å². The molecule has 2 aromatic rings. The maximum Gasteiger partial charge on any atom is 0.266 e. The lowest BCUT2D eigenvalue weighted by molar-refractivity contribution is 0.159. The average Bonchev–Trinajstić information content (AvgIpc) is 3.18. The highest BCUT2D eigenvalue weighted by atomic mass is 35.5. The Kier molecular flexibility index (Phi) is 7.37. The zero-order valence-electron chi connectivity index (χ0n) is 16.5. The van der Waals surface area contributed by atoms with Crippen molar-refractivity contribution in [3.63, 3.8) is 0 Å². The topological polar surface area (TPSA) is 74.3 Å². The molecule has 3 rings (SSSR count). The van der Waals surface area contributed by atoms with Gasteiger partial charge in [-0.3, -0.25) is 9.62 Å². The molecule has 0 amide bonds. The number of benzene rings is 1. The number of hydrogen-bond acceptors (Lipinski definition) is 6. The lowest BCUT2D eigenvalue weighted by Crippen LogP contribution is -2.48. The smallest absolute Gasteiger partial charge is 0.266 e. The summed E-state index contributed by atoms with van der Waals surface area (Å²) in [5.41, 5.74) is 0.418. The number of nitrogens with one attached hydrogen (secondary N) is 2. The maximum atomic E-state index is 14.8. The fourth-order valence-electron chi connectivity index (χ4n) is 3.90. The van der Waals surface area contributed by atoms with E-state index in [4.69, 9.17) is 11.6 Å². The standard InChI is InChI=1S/C19H26ClFN4O2S2/c1-3-25(4-2)17-8-6-5-7-15(17)23-16-12-14(21)18(11-13(16)20)29(26,27)24-19-22-9-10-28-19/h9-12,15,17,23H,3-8H2,1-2H3,(H,22,24)/t15-,17-/m0/s1. The molecular weight excluding hydrogens is 435 g/mol. The molecule has 10 heteroatoms. The number of aromatic nitrogens is 1.